The number of unbranched alkanes of at least 4 members (excludes halogenated alkanes) is 4. The monoisotopic (exact) mass is 307 g/mol. The molecule has 0 aromatic heterocycles. The number of ether oxygens (including phenoxy) is 3. The predicted molar refractivity (Wildman–Crippen MR) is 91.0 cm³/mol. The molecular formula is C18H29NO3. The molecule has 1 aromatic carbocycles. The minimum Gasteiger partial charge on any atom is -0.462 e. The molecule has 0 fully saturated rings. The molecule has 22 heavy (non-hydrogen) atoms. The Morgan fingerprint density at radius 3 is 2.41 bits per heavy atom. The number of hydrogen-bond acceptors (Lipinski definition) is 4. The van der Waals surface area contributed by atoms with Crippen LogP contribution >= 0.6 is 0 Å². The van der Waals surface area contributed by atoms with Crippen molar-refractivity contribution in [2.75, 3.05) is 27.4 Å². The highest BCUT2D eigenvalue weighted by Gasteiger charge is 2.07. The fourth-order valence-corrected chi connectivity index (χ4v) is 2.05. The average Bonchev–Trinajstić information content (AvgIpc) is 2.55. The lowest BCUT2D eigenvalue weighted by molar-refractivity contribution is -0.0931. The molecule has 0 amide bonds. The second kappa shape index (κ2) is 12.2. The Morgan fingerprint density at radius 1 is 1.05 bits per heavy atom. The van der Waals surface area contributed by atoms with E-state index in [2.05, 4.69) is 11.9 Å². The molecular weight excluding hydrogens is 278 g/mol. The Labute approximate surface area is 134 Å². The maximum Gasteiger partial charge on any atom is 0.223 e. The highest BCUT2D eigenvalue weighted by molar-refractivity contribution is 5.79. The fraction of sp³-hybridized carbons (Fsp3) is 0.611. The molecule has 0 aliphatic heterocycles. The highest BCUT2D eigenvalue weighted by atomic mass is 16.7. The summed E-state index contributed by atoms with van der Waals surface area (Å²) >= 11 is 0. The molecule has 0 saturated carbocycles. The van der Waals surface area contributed by atoms with Gasteiger partial charge in [0.15, 0.2) is 0 Å². The number of rotatable bonds is 12. The van der Waals surface area contributed by atoms with Gasteiger partial charge in [0.05, 0.1) is 0 Å². The summed E-state index contributed by atoms with van der Waals surface area (Å²) in [6.07, 6.45) is 7.92. The molecule has 4 nitrogen and oxygen atoms in total. The van der Waals surface area contributed by atoms with Crippen LogP contribution in [0, 0.1) is 0 Å². The third-order valence-corrected chi connectivity index (χ3v) is 3.34. The number of methoxy groups -OCH3 is 2. The van der Waals surface area contributed by atoms with E-state index in [1.165, 1.54) is 32.1 Å². The first-order chi connectivity index (χ1) is 10.8. The molecule has 1 aromatic rings. The fourth-order valence-electron chi connectivity index (χ4n) is 2.05. The van der Waals surface area contributed by atoms with Gasteiger partial charge in [0.25, 0.3) is 0 Å². The number of benzene rings is 1. The van der Waals surface area contributed by atoms with Crippen LogP contribution in [0.1, 0.15) is 44.6 Å². The average molecular weight is 307 g/mol. The SMILES string of the molecule is CCCCCCCN=Cc1ccc(OC(COC)OC)cc1. The van der Waals surface area contributed by atoms with Gasteiger partial charge in [0.2, 0.25) is 6.29 Å². The zero-order chi connectivity index (χ0) is 16.0. The summed E-state index contributed by atoms with van der Waals surface area (Å²) in [5, 5.41) is 0. The van der Waals surface area contributed by atoms with Crippen LogP contribution in [0.4, 0.5) is 0 Å². The van der Waals surface area contributed by atoms with Gasteiger partial charge in [-0.1, -0.05) is 32.6 Å². The van der Waals surface area contributed by atoms with Gasteiger partial charge in [-0.15, -0.1) is 0 Å². The van der Waals surface area contributed by atoms with Gasteiger partial charge in [-0.05, 0) is 36.2 Å². The van der Waals surface area contributed by atoms with E-state index in [9.17, 15) is 0 Å². The van der Waals surface area contributed by atoms with E-state index in [1.807, 2.05) is 30.5 Å². The van der Waals surface area contributed by atoms with Crippen molar-refractivity contribution in [1.29, 1.82) is 0 Å². The minimum atomic E-state index is -0.382. The summed E-state index contributed by atoms with van der Waals surface area (Å²) in [4.78, 5) is 4.46. The van der Waals surface area contributed by atoms with E-state index in [0.29, 0.717) is 6.61 Å². The quantitative estimate of drug-likeness (QED) is 0.332. The Kier molecular flexibility index (Phi) is 10.3. The van der Waals surface area contributed by atoms with E-state index >= 15 is 0 Å². The van der Waals surface area contributed by atoms with Crippen molar-refractivity contribution < 1.29 is 14.2 Å². The van der Waals surface area contributed by atoms with E-state index < -0.39 is 0 Å². The second-order valence-electron chi connectivity index (χ2n) is 5.26. The smallest absolute Gasteiger partial charge is 0.223 e. The lowest BCUT2D eigenvalue weighted by atomic mass is 10.1. The van der Waals surface area contributed by atoms with Gasteiger partial charge in [-0.25, -0.2) is 0 Å². The Balaban J connectivity index is 2.31. The lowest BCUT2D eigenvalue weighted by Crippen LogP contribution is -2.24. The second-order valence-corrected chi connectivity index (χ2v) is 5.26. The molecule has 0 radical (unpaired) electrons. The van der Waals surface area contributed by atoms with Crippen molar-refractivity contribution >= 4 is 6.21 Å². The van der Waals surface area contributed by atoms with Gasteiger partial charge in [0, 0.05) is 27.0 Å². The van der Waals surface area contributed by atoms with Crippen molar-refractivity contribution in [3.8, 4) is 5.75 Å². The highest BCUT2D eigenvalue weighted by Crippen LogP contribution is 2.13. The van der Waals surface area contributed by atoms with Crippen LogP contribution in [0.5, 0.6) is 5.75 Å². The summed E-state index contributed by atoms with van der Waals surface area (Å²) in [6.45, 7) is 3.54. The van der Waals surface area contributed by atoms with Crippen LogP contribution in [0.25, 0.3) is 0 Å². The molecule has 0 aliphatic carbocycles. The third kappa shape index (κ3) is 8.15. The predicted octanol–water partition coefficient (Wildman–Crippen LogP) is 4.07. The third-order valence-electron chi connectivity index (χ3n) is 3.34. The van der Waals surface area contributed by atoms with Crippen molar-refractivity contribution in [2.24, 2.45) is 4.99 Å². The van der Waals surface area contributed by atoms with Crippen LogP contribution in [0.3, 0.4) is 0 Å². The first-order valence-corrected chi connectivity index (χ1v) is 8.08. The van der Waals surface area contributed by atoms with Crippen LogP contribution in [-0.2, 0) is 9.47 Å². The first kappa shape index (κ1) is 18.7. The first-order valence-electron chi connectivity index (χ1n) is 8.08. The van der Waals surface area contributed by atoms with E-state index in [4.69, 9.17) is 14.2 Å². The zero-order valence-corrected chi connectivity index (χ0v) is 14.1. The summed E-state index contributed by atoms with van der Waals surface area (Å²) in [6, 6.07) is 7.83. The van der Waals surface area contributed by atoms with Gasteiger partial charge in [-0.2, -0.15) is 0 Å². The molecule has 1 unspecified atom stereocenters. The van der Waals surface area contributed by atoms with E-state index in [0.717, 1.165) is 17.9 Å². The van der Waals surface area contributed by atoms with Gasteiger partial charge >= 0.3 is 0 Å². The van der Waals surface area contributed by atoms with Crippen LogP contribution in [0.2, 0.25) is 0 Å². The number of hydrogen-bond donors (Lipinski definition) is 0. The van der Waals surface area contributed by atoms with Crippen molar-refractivity contribution in [3.05, 3.63) is 29.8 Å². The van der Waals surface area contributed by atoms with E-state index in [1.54, 1.807) is 14.2 Å². The Bertz CT molecular complexity index is 403. The molecule has 124 valence electrons. The molecule has 1 atom stereocenters. The van der Waals surface area contributed by atoms with Crippen LogP contribution < -0.4 is 4.74 Å². The van der Waals surface area contributed by atoms with Gasteiger partial charge in [0.1, 0.15) is 12.4 Å². The molecule has 0 N–H and O–H groups in total. The van der Waals surface area contributed by atoms with Crippen LogP contribution in [0.15, 0.2) is 29.3 Å². The van der Waals surface area contributed by atoms with Gasteiger partial charge < -0.3 is 14.2 Å². The summed E-state index contributed by atoms with van der Waals surface area (Å²) < 4.78 is 15.8. The Hall–Kier alpha value is -1.39. The standard InChI is InChI=1S/C18H29NO3/c1-4-5-6-7-8-13-19-14-16-9-11-17(12-10-16)22-18(21-3)15-20-2/h9-12,14,18H,4-8,13,15H2,1-3H3. The minimum absolute atomic E-state index is 0.382. The van der Waals surface area contributed by atoms with Crippen molar-refractivity contribution in [2.45, 2.75) is 45.3 Å². The molecule has 0 saturated heterocycles. The Morgan fingerprint density at radius 2 is 1.77 bits per heavy atom. The summed E-state index contributed by atoms with van der Waals surface area (Å²) in [7, 11) is 3.22. The molecule has 0 spiro atoms. The molecule has 1 rings (SSSR count). The molecule has 0 aliphatic rings. The van der Waals surface area contributed by atoms with E-state index in [-0.39, 0.29) is 6.29 Å². The molecule has 0 heterocycles. The zero-order valence-electron chi connectivity index (χ0n) is 14.1. The molecule has 0 bridgehead atoms. The maximum absolute atomic E-state index is 5.65. The van der Waals surface area contributed by atoms with Gasteiger partial charge in [-0.3, -0.25) is 4.99 Å². The number of nitrogens with zero attached hydrogens (tertiary/aromatic N) is 1. The lowest BCUT2D eigenvalue weighted by Gasteiger charge is -2.16. The maximum atomic E-state index is 5.65. The summed E-state index contributed by atoms with van der Waals surface area (Å²) in [5.74, 6) is 0.764. The largest absolute Gasteiger partial charge is 0.462 e. The van der Waals surface area contributed by atoms with Crippen LogP contribution in [-0.4, -0.2) is 39.9 Å². The number of aliphatic imine (C=N–C) groups is 1. The van der Waals surface area contributed by atoms with Crippen molar-refractivity contribution in [1.82, 2.24) is 0 Å². The van der Waals surface area contributed by atoms with Crippen molar-refractivity contribution in [3.63, 3.8) is 0 Å². The normalized spacial score (nSPS) is 12.7. The molecule has 4 heteroatoms. The summed E-state index contributed by atoms with van der Waals surface area (Å²) in [5.41, 5.74) is 1.08. The topological polar surface area (TPSA) is 40.0 Å².